The highest BCUT2D eigenvalue weighted by Crippen LogP contribution is 2.29. The Morgan fingerprint density at radius 2 is 1.07 bits per heavy atom. The van der Waals surface area contributed by atoms with Gasteiger partial charge in [0.2, 0.25) is 0 Å². The third kappa shape index (κ3) is 4.67. The molecule has 0 unspecified atom stereocenters. The Morgan fingerprint density at radius 1 is 0.600 bits per heavy atom. The number of hydrogen-bond donors (Lipinski definition) is 2. The highest BCUT2D eigenvalue weighted by Gasteiger charge is 2.28. The molecule has 4 rings (SSSR count). The van der Waals surface area contributed by atoms with Crippen molar-refractivity contribution in [2.45, 2.75) is 6.04 Å². The Hall–Kier alpha value is -4.05. The first-order chi connectivity index (χ1) is 14.8. The molecule has 0 aliphatic heterocycles. The second kappa shape index (κ2) is 9.43. The maximum Gasteiger partial charge on any atom is 0.253 e. The van der Waals surface area contributed by atoms with Gasteiger partial charge in [0.1, 0.15) is 0 Å². The molecule has 2 N–H and O–H groups in total. The minimum Gasteiger partial charge on any atom is -0.324 e. The number of rotatable bonds is 7. The van der Waals surface area contributed by atoms with E-state index in [1.165, 1.54) is 0 Å². The molecule has 0 heterocycles. The largest absolute Gasteiger partial charge is 0.324 e. The van der Waals surface area contributed by atoms with Crippen molar-refractivity contribution in [1.82, 2.24) is 0 Å². The average Bonchev–Trinajstić information content (AvgIpc) is 2.81. The molecule has 4 aromatic carbocycles. The molecule has 0 aromatic heterocycles. The summed E-state index contributed by atoms with van der Waals surface area (Å²) in [5.41, 5.74) is 6.87. The van der Waals surface area contributed by atoms with E-state index in [9.17, 15) is 4.79 Å². The normalized spacial score (nSPS) is 11.3. The summed E-state index contributed by atoms with van der Waals surface area (Å²) in [5.74, 6) is -0.125. The Kier molecular flexibility index (Phi) is 6.06. The zero-order valence-corrected chi connectivity index (χ0v) is 16.5. The number of carbonyl (C=O) groups is 1. The lowest BCUT2D eigenvalue weighted by Gasteiger charge is -2.34. The third-order valence-electron chi connectivity index (χ3n) is 4.72. The van der Waals surface area contributed by atoms with Crippen LogP contribution in [0.25, 0.3) is 0 Å². The standard InChI is InChI=1S/C26H23N3O/c30-26(27-22-15-7-2-8-16-22)25(21-13-5-1-6-14-21)29(24-19-11-4-12-20-24)28-23-17-9-3-10-18-23/h1-20,25,28H,(H,27,30)/t25-/m0/s1. The van der Waals surface area contributed by atoms with Gasteiger partial charge < -0.3 is 5.32 Å². The summed E-state index contributed by atoms with van der Waals surface area (Å²) in [6.07, 6.45) is 0. The molecule has 0 aliphatic carbocycles. The molecule has 0 aliphatic rings. The molecule has 0 radical (unpaired) electrons. The maximum absolute atomic E-state index is 13.5. The van der Waals surface area contributed by atoms with E-state index in [-0.39, 0.29) is 5.91 Å². The number of carbonyl (C=O) groups excluding carboxylic acids is 1. The van der Waals surface area contributed by atoms with E-state index >= 15 is 0 Å². The van der Waals surface area contributed by atoms with Crippen LogP contribution in [0.1, 0.15) is 11.6 Å². The molecule has 4 heteroatoms. The van der Waals surface area contributed by atoms with Gasteiger partial charge in [0.25, 0.3) is 5.91 Å². The number of amides is 1. The zero-order chi connectivity index (χ0) is 20.6. The van der Waals surface area contributed by atoms with Gasteiger partial charge in [0.05, 0.1) is 11.4 Å². The van der Waals surface area contributed by atoms with Crippen molar-refractivity contribution in [3.05, 3.63) is 127 Å². The Labute approximate surface area is 176 Å². The molecule has 0 saturated carbocycles. The molecular formula is C26H23N3O. The molecular weight excluding hydrogens is 370 g/mol. The van der Waals surface area contributed by atoms with E-state index < -0.39 is 6.04 Å². The van der Waals surface area contributed by atoms with Crippen LogP contribution in [-0.2, 0) is 4.79 Å². The molecule has 0 bridgehead atoms. The predicted octanol–water partition coefficient (Wildman–Crippen LogP) is 5.90. The van der Waals surface area contributed by atoms with Crippen molar-refractivity contribution in [2.24, 2.45) is 0 Å². The molecule has 148 valence electrons. The summed E-state index contributed by atoms with van der Waals surface area (Å²) < 4.78 is 0. The third-order valence-corrected chi connectivity index (χ3v) is 4.72. The fourth-order valence-electron chi connectivity index (χ4n) is 3.30. The Balaban J connectivity index is 1.75. The SMILES string of the molecule is O=C(Nc1ccccc1)[C@H](c1ccccc1)N(Nc1ccccc1)c1ccccc1. The summed E-state index contributed by atoms with van der Waals surface area (Å²) in [5, 5.41) is 4.96. The smallest absolute Gasteiger partial charge is 0.253 e. The summed E-state index contributed by atoms with van der Waals surface area (Å²) in [7, 11) is 0. The Bertz CT molecular complexity index is 1050. The first-order valence-corrected chi connectivity index (χ1v) is 9.88. The van der Waals surface area contributed by atoms with Gasteiger partial charge in [-0.05, 0) is 42.0 Å². The van der Waals surface area contributed by atoms with Gasteiger partial charge >= 0.3 is 0 Å². The fraction of sp³-hybridized carbons (Fsp3) is 0.0385. The first-order valence-electron chi connectivity index (χ1n) is 9.88. The highest BCUT2D eigenvalue weighted by molar-refractivity contribution is 5.98. The quantitative estimate of drug-likeness (QED) is 0.384. The van der Waals surface area contributed by atoms with E-state index in [2.05, 4.69) is 10.7 Å². The van der Waals surface area contributed by atoms with Gasteiger partial charge in [-0.15, -0.1) is 0 Å². The van der Waals surface area contributed by atoms with Gasteiger partial charge in [-0.2, -0.15) is 0 Å². The number of hydrazine groups is 1. The van der Waals surface area contributed by atoms with Gasteiger partial charge in [-0.1, -0.05) is 84.9 Å². The highest BCUT2D eigenvalue weighted by atomic mass is 16.2. The Morgan fingerprint density at radius 3 is 1.63 bits per heavy atom. The molecule has 1 atom stereocenters. The molecule has 0 saturated heterocycles. The molecule has 0 fully saturated rings. The van der Waals surface area contributed by atoms with Crippen LogP contribution < -0.4 is 15.8 Å². The zero-order valence-electron chi connectivity index (χ0n) is 16.5. The van der Waals surface area contributed by atoms with Gasteiger partial charge in [0.15, 0.2) is 6.04 Å². The van der Waals surface area contributed by atoms with E-state index in [0.717, 1.165) is 22.6 Å². The van der Waals surface area contributed by atoms with Crippen molar-refractivity contribution < 1.29 is 4.79 Å². The number of hydrogen-bond acceptors (Lipinski definition) is 3. The molecule has 4 aromatic rings. The van der Waals surface area contributed by atoms with Crippen molar-refractivity contribution in [2.75, 3.05) is 15.8 Å². The van der Waals surface area contributed by atoms with Crippen LogP contribution in [0.5, 0.6) is 0 Å². The van der Waals surface area contributed by atoms with Crippen LogP contribution in [0, 0.1) is 0 Å². The lowest BCUT2D eigenvalue weighted by molar-refractivity contribution is -0.117. The second-order valence-electron chi connectivity index (χ2n) is 6.85. The lowest BCUT2D eigenvalue weighted by atomic mass is 10.0. The van der Waals surface area contributed by atoms with Gasteiger partial charge in [-0.25, -0.2) is 0 Å². The molecule has 1 amide bonds. The number of nitrogens with one attached hydrogen (secondary N) is 2. The maximum atomic E-state index is 13.5. The van der Waals surface area contributed by atoms with E-state index in [1.807, 2.05) is 126 Å². The average molecular weight is 393 g/mol. The number of nitrogens with zero attached hydrogens (tertiary/aromatic N) is 1. The predicted molar refractivity (Wildman–Crippen MR) is 123 cm³/mol. The van der Waals surface area contributed by atoms with Crippen LogP contribution in [0.4, 0.5) is 17.1 Å². The molecule has 30 heavy (non-hydrogen) atoms. The summed E-state index contributed by atoms with van der Waals surface area (Å²) in [6, 6.07) is 38.4. The van der Waals surface area contributed by atoms with Gasteiger partial charge in [-0.3, -0.25) is 15.2 Å². The lowest BCUT2D eigenvalue weighted by Crippen LogP contribution is -2.41. The van der Waals surface area contributed by atoms with Gasteiger partial charge in [0, 0.05) is 5.69 Å². The summed E-state index contributed by atoms with van der Waals surface area (Å²) in [6.45, 7) is 0. The number of para-hydroxylation sites is 3. The van der Waals surface area contributed by atoms with Crippen LogP contribution in [0.3, 0.4) is 0 Å². The van der Waals surface area contributed by atoms with Crippen LogP contribution >= 0.6 is 0 Å². The van der Waals surface area contributed by atoms with Crippen molar-refractivity contribution >= 4 is 23.0 Å². The van der Waals surface area contributed by atoms with Crippen molar-refractivity contribution in [3.8, 4) is 0 Å². The van der Waals surface area contributed by atoms with Crippen LogP contribution in [0.15, 0.2) is 121 Å². The fourth-order valence-corrected chi connectivity index (χ4v) is 3.30. The second-order valence-corrected chi connectivity index (χ2v) is 6.85. The van der Waals surface area contributed by atoms with E-state index in [4.69, 9.17) is 0 Å². The van der Waals surface area contributed by atoms with Crippen molar-refractivity contribution in [1.29, 1.82) is 0 Å². The summed E-state index contributed by atoms with van der Waals surface area (Å²) >= 11 is 0. The van der Waals surface area contributed by atoms with Crippen LogP contribution in [0.2, 0.25) is 0 Å². The monoisotopic (exact) mass is 393 g/mol. The minimum atomic E-state index is -0.589. The first kappa shape index (κ1) is 19.3. The van der Waals surface area contributed by atoms with E-state index in [1.54, 1.807) is 0 Å². The topological polar surface area (TPSA) is 44.4 Å². The van der Waals surface area contributed by atoms with Crippen molar-refractivity contribution in [3.63, 3.8) is 0 Å². The van der Waals surface area contributed by atoms with E-state index in [0.29, 0.717) is 0 Å². The number of benzene rings is 4. The number of anilines is 3. The van der Waals surface area contributed by atoms with Crippen LogP contribution in [-0.4, -0.2) is 5.91 Å². The minimum absolute atomic E-state index is 0.125. The molecule has 4 nitrogen and oxygen atoms in total. The molecule has 0 spiro atoms. The summed E-state index contributed by atoms with van der Waals surface area (Å²) in [4.78, 5) is 13.5.